The lowest BCUT2D eigenvalue weighted by Gasteiger charge is -2.21. The summed E-state index contributed by atoms with van der Waals surface area (Å²) in [5.41, 5.74) is 0.330. The van der Waals surface area contributed by atoms with E-state index < -0.39 is 11.9 Å². The highest BCUT2D eigenvalue weighted by molar-refractivity contribution is 6.32. The van der Waals surface area contributed by atoms with Gasteiger partial charge >= 0.3 is 5.97 Å². The molecule has 7 heteroatoms. The third-order valence-corrected chi connectivity index (χ3v) is 3.90. The summed E-state index contributed by atoms with van der Waals surface area (Å²) in [7, 11) is 1.56. The summed E-state index contributed by atoms with van der Waals surface area (Å²) in [6, 6.07) is 3.11. The van der Waals surface area contributed by atoms with Crippen molar-refractivity contribution in [3.8, 4) is 11.5 Å². The Morgan fingerprint density at radius 1 is 1.28 bits per heavy atom. The first-order valence-electron chi connectivity index (χ1n) is 8.39. The van der Waals surface area contributed by atoms with Crippen LogP contribution in [0.5, 0.6) is 11.5 Å². The Kier molecular flexibility index (Phi) is 8.55. The predicted octanol–water partition coefficient (Wildman–Crippen LogP) is 3.71. The van der Waals surface area contributed by atoms with Crippen molar-refractivity contribution in [1.82, 2.24) is 4.90 Å². The molecule has 0 spiro atoms. The molecular weight excluding hydrogens is 346 g/mol. The molecule has 1 N–H and O–H groups in total. The molecule has 6 nitrogen and oxygen atoms in total. The standard InChI is InChI=1S/C18H26ClNO5/c1-5-7-8-25-16-14(19)9-13(10-15(16)24-6-2)17(21)20(4)11-12(3)18(22)23/h9-10,12H,5-8,11H2,1-4H3,(H,22,23). The van der Waals surface area contributed by atoms with Gasteiger partial charge in [-0.05, 0) is 25.5 Å². The minimum Gasteiger partial charge on any atom is -0.490 e. The van der Waals surface area contributed by atoms with Crippen LogP contribution in [-0.4, -0.2) is 48.7 Å². The van der Waals surface area contributed by atoms with Gasteiger partial charge in [0.1, 0.15) is 0 Å². The van der Waals surface area contributed by atoms with Crippen molar-refractivity contribution in [3.05, 3.63) is 22.7 Å². The number of nitrogens with zero attached hydrogens (tertiary/aromatic N) is 1. The molecule has 1 atom stereocenters. The maximum Gasteiger partial charge on any atom is 0.308 e. The molecule has 0 aliphatic heterocycles. The van der Waals surface area contributed by atoms with Crippen LogP contribution in [0.2, 0.25) is 5.02 Å². The Balaban J connectivity index is 3.03. The second-order valence-electron chi connectivity index (χ2n) is 5.85. The Bertz CT molecular complexity index is 605. The molecule has 0 saturated carbocycles. The number of amides is 1. The quantitative estimate of drug-likeness (QED) is 0.634. The van der Waals surface area contributed by atoms with Crippen LogP contribution in [0, 0.1) is 5.92 Å². The van der Waals surface area contributed by atoms with Gasteiger partial charge < -0.3 is 19.5 Å². The molecule has 1 rings (SSSR count). The van der Waals surface area contributed by atoms with Crippen molar-refractivity contribution >= 4 is 23.5 Å². The molecule has 0 bridgehead atoms. The van der Waals surface area contributed by atoms with Crippen LogP contribution in [0.25, 0.3) is 0 Å². The number of halogens is 1. The molecule has 1 unspecified atom stereocenters. The van der Waals surface area contributed by atoms with E-state index in [1.54, 1.807) is 20.0 Å². The molecule has 0 aromatic heterocycles. The van der Waals surface area contributed by atoms with Crippen molar-refractivity contribution in [3.63, 3.8) is 0 Å². The van der Waals surface area contributed by atoms with Crippen LogP contribution >= 0.6 is 11.6 Å². The zero-order valence-electron chi connectivity index (χ0n) is 15.2. The number of aliphatic carboxylic acids is 1. The van der Waals surface area contributed by atoms with Crippen LogP contribution in [0.4, 0.5) is 0 Å². The topological polar surface area (TPSA) is 76.1 Å². The van der Waals surface area contributed by atoms with E-state index in [0.29, 0.717) is 35.3 Å². The molecule has 1 aromatic carbocycles. The molecule has 25 heavy (non-hydrogen) atoms. The van der Waals surface area contributed by atoms with Crippen LogP contribution in [-0.2, 0) is 4.79 Å². The van der Waals surface area contributed by atoms with Crippen molar-refractivity contribution < 1.29 is 24.2 Å². The normalized spacial score (nSPS) is 11.7. The second kappa shape index (κ2) is 10.1. The number of hydrogen-bond donors (Lipinski definition) is 1. The molecule has 1 amide bonds. The number of ether oxygens (including phenoxy) is 2. The van der Waals surface area contributed by atoms with E-state index in [9.17, 15) is 9.59 Å². The van der Waals surface area contributed by atoms with E-state index in [4.69, 9.17) is 26.2 Å². The van der Waals surface area contributed by atoms with Crippen LogP contribution in [0.1, 0.15) is 44.0 Å². The van der Waals surface area contributed by atoms with E-state index in [1.807, 2.05) is 6.92 Å². The zero-order valence-corrected chi connectivity index (χ0v) is 15.9. The fourth-order valence-corrected chi connectivity index (χ4v) is 2.47. The van der Waals surface area contributed by atoms with Crippen molar-refractivity contribution in [2.24, 2.45) is 5.92 Å². The fourth-order valence-electron chi connectivity index (χ4n) is 2.21. The number of rotatable bonds is 10. The van der Waals surface area contributed by atoms with Crippen molar-refractivity contribution in [2.75, 3.05) is 26.8 Å². The highest BCUT2D eigenvalue weighted by atomic mass is 35.5. The molecule has 0 heterocycles. The smallest absolute Gasteiger partial charge is 0.308 e. The number of unbranched alkanes of at least 4 members (excludes halogenated alkanes) is 1. The lowest BCUT2D eigenvalue weighted by atomic mass is 10.1. The highest BCUT2D eigenvalue weighted by Gasteiger charge is 2.21. The van der Waals surface area contributed by atoms with Crippen LogP contribution in [0.15, 0.2) is 12.1 Å². The maximum absolute atomic E-state index is 12.6. The van der Waals surface area contributed by atoms with E-state index in [-0.39, 0.29) is 12.5 Å². The molecule has 0 aliphatic carbocycles. The van der Waals surface area contributed by atoms with Gasteiger partial charge in [-0.2, -0.15) is 0 Å². The van der Waals surface area contributed by atoms with Crippen LogP contribution in [0.3, 0.4) is 0 Å². The van der Waals surface area contributed by atoms with Gasteiger partial charge in [-0.25, -0.2) is 0 Å². The van der Waals surface area contributed by atoms with E-state index >= 15 is 0 Å². The van der Waals surface area contributed by atoms with Gasteiger partial charge in [0.2, 0.25) is 0 Å². The molecule has 1 aromatic rings. The number of benzene rings is 1. The molecule has 140 valence electrons. The predicted molar refractivity (Wildman–Crippen MR) is 96.8 cm³/mol. The number of carboxylic acids is 1. The first-order valence-corrected chi connectivity index (χ1v) is 8.76. The Hall–Kier alpha value is -1.95. The summed E-state index contributed by atoms with van der Waals surface area (Å²) in [5.74, 6) is -1.10. The lowest BCUT2D eigenvalue weighted by molar-refractivity contribution is -0.141. The van der Waals surface area contributed by atoms with Crippen LogP contribution < -0.4 is 9.47 Å². The van der Waals surface area contributed by atoms with E-state index in [0.717, 1.165) is 12.8 Å². The summed E-state index contributed by atoms with van der Waals surface area (Å²) in [5, 5.41) is 9.28. The SMILES string of the molecule is CCCCOc1c(Cl)cc(C(=O)N(C)CC(C)C(=O)O)cc1OCC. The summed E-state index contributed by atoms with van der Waals surface area (Å²) in [4.78, 5) is 24.9. The maximum atomic E-state index is 12.6. The minimum atomic E-state index is -0.952. The Morgan fingerprint density at radius 3 is 2.52 bits per heavy atom. The second-order valence-corrected chi connectivity index (χ2v) is 6.25. The molecular formula is C18H26ClNO5. The lowest BCUT2D eigenvalue weighted by Crippen LogP contribution is -2.33. The van der Waals surface area contributed by atoms with Gasteiger partial charge in [0.15, 0.2) is 11.5 Å². The van der Waals surface area contributed by atoms with E-state index in [2.05, 4.69) is 6.92 Å². The van der Waals surface area contributed by atoms with Gasteiger partial charge in [-0.1, -0.05) is 31.9 Å². The Morgan fingerprint density at radius 2 is 1.96 bits per heavy atom. The van der Waals surface area contributed by atoms with Crippen molar-refractivity contribution in [2.45, 2.75) is 33.6 Å². The van der Waals surface area contributed by atoms with Crippen molar-refractivity contribution in [1.29, 1.82) is 0 Å². The third kappa shape index (κ3) is 6.12. The fraction of sp³-hybridized carbons (Fsp3) is 0.556. The molecule has 0 fully saturated rings. The summed E-state index contributed by atoms with van der Waals surface area (Å²) < 4.78 is 11.3. The van der Waals surface area contributed by atoms with Gasteiger partial charge in [-0.3, -0.25) is 9.59 Å². The number of carboxylic acid groups (broad SMARTS) is 1. The summed E-state index contributed by atoms with van der Waals surface area (Å²) in [6.45, 7) is 6.46. The van der Waals surface area contributed by atoms with E-state index in [1.165, 1.54) is 11.0 Å². The summed E-state index contributed by atoms with van der Waals surface area (Å²) in [6.07, 6.45) is 1.88. The van der Waals surface area contributed by atoms with Gasteiger partial charge in [-0.15, -0.1) is 0 Å². The largest absolute Gasteiger partial charge is 0.490 e. The summed E-state index contributed by atoms with van der Waals surface area (Å²) >= 11 is 6.28. The van der Waals surface area contributed by atoms with Gasteiger partial charge in [0.05, 0.1) is 24.2 Å². The first kappa shape index (κ1) is 21.1. The highest BCUT2D eigenvalue weighted by Crippen LogP contribution is 2.37. The first-order chi connectivity index (χ1) is 11.8. The Labute approximate surface area is 153 Å². The number of carbonyl (C=O) groups excluding carboxylic acids is 1. The van der Waals surface area contributed by atoms with Gasteiger partial charge in [0, 0.05) is 19.2 Å². The van der Waals surface area contributed by atoms with Gasteiger partial charge in [0.25, 0.3) is 5.91 Å². The monoisotopic (exact) mass is 371 g/mol. The molecule has 0 aliphatic rings. The number of carbonyl (C=O) groups is 2. The molecule has 0 saturated heterocycles. The minimum absolute atomic E-state index is 0.102. The molecule has 0 radical (unpaired) electrons. The average molecular weight is 372 g/mol. The average Bonchev–Trinajstić information content (AvgIpc) is 2.56. The number of hydrogen-bond acceptors (Lipinski definition) is 4. The zero-order chi connectivity index (χ0) is 19.0. The third-order valence-electron chi connectivity index (χ3n) is 3.62.